The maximum Gasteiger partial charge on any atom is 0.253 e. The van der Waals surface area contributed by atoms with Crippen LogP contribution in [0.5, 0.6) is 0 Å². The van der Waals surface area contributed by atoms with Crippen LogP contribution >= 0.6 is 23.4 Å². The molecule has 1 fully saturated rings. The van der Waals surface area contributed by atoms with E-state index in [2.05, 4.69) is 20.1 Å². The molecule has 3 aromatic rings. The Bertz CT molecular complexity index is 1160. The molecule has 1 aliphatic carbocycles. The molecule has 0 radical (unpaired) electrons. The van der Waals surface area contributed by atoms with Gasteiger partial charge in [-0.1, -0.05) is 54.4 Å². The Morgan fingerprint density at radius 2 is 1.88 bits per heavy atom. The van der Waals surface area contributed by atoms with Crippen LogP contribution in [0.15, 0.2) is 53.7 Å². The zero-order valence-electron chi connectivity index (χ0n) is 18.6. The molecule has 0 aliphatic heterocycles. The zero-order chi connectivity index (χ0) is 23.4. The SMILES string of the molecule is CN(C)C(=O)c1cccc(NC(=O)CSc2nnc(-c3ccccc3Cl)n2C2CCCC2)c1. The van der Waals surface area contributed by atoms with E-state index in [0.717, 1.165) is 37.1 Å². The molecule has 0 unspecified atom stereocenters. The van der Waals surface area contributed by atoms with Crippen LogP contribution in [0.25, 0.3) is 11.4 Å². The Hall–Kier alpha value is -2.84. The molecule has 1 N–H and O–H groups in total. The lowest BCUT2D eigenvalue weighted by Crippen LogP contribution is -2.22. The van der Waals surface area contributed by atoms with Gasteiger partial charge in [0, 0.05) is 37.0 Å². The highest BCUT2D eigenvalue weighted by Gasteiger charge is 2.26. The molecule has 0 spiro atoms. The fraction of sp³-hybridized carbons (Fsp3) is 0.333. The molecule has 0 bridgehead atoms. The number of hydrogen-bond acceptors (Lipinski definition) is 5. The number of nitrogens with one attached hydrogen (secondary N) is 1. The van der Waals surface area contributed by atoms with Crippen molar-refractivity contribution >= 4 is 40.9 Å². The van der Waals surface area contributed by atoms with E-state index in [4.69, 9.17) is 11.6 Å². The quantitative estimate of drug-likeness (QED) is 0.470. The Kier molecular flexibility index (Phi) is 7.35. The summed E-state index contributed by atoms with van der Waals surface area (Å²) in [7, 11) is 3.39. The molecule has 4 rings (SSSR count). The highest BCUT2D eigenvalue weighted by atomic mass is 35.5. The summed E-state index contributed by atoms with van der Waals surface area (Å²) >= 11 is 7.80. The van der Waals surface area contributed by atoms with Gasteiger partial charge in [-0.2, -0.15) is 0 Å². The van der Waals surface area contributed by atoms with Crippen LogP contribution in [0.4, 0.5) is 5.69 Å². The standard InChI is InChI=1S/C24H26ClN5O2S/c1-29(2)23(32)16-8-7-9-17(14-16)26-21(31)15-33-24-28-27-22(19-12-5-6-13-20(19)25)30(24)18-10-3-4-11-18/h5-9,12-14,18H,3-4,10-11,15H2,1-2H3,(H,26,31). The van der Waals surface area contributed by atoms with Gasteiger partial charge >= 0.3 is 0 Å². The van der Waals surface area contributed by atoms with Crippen molar-refractivity contribution in [3.63, 3.8) is 0 Å². The van der Waals surface area contributed by atoms with Crippen molar-refractivity contribution in [2.45, 2.75) is 36.9 Å². The summed E-state index contributed by atoms with van der Waals surface area (Å²) in [5.74, 6) is 0.636. The summed E-state index contributed by atoms with van der Waals surface area (Å²) in [5.41, 5.74) is 1.95. The van der Waals surface area contributed by atoms with Crippen molar-refractivity contribution in [3.05, 3.63) is 59.1 Å². The molecule has 0 atom stereocenters. The van der Waals surface area contributed by atoms with Gasteiger partial charge in [0.2, 0.25) is 5.91 Å². The van der Waals surface area contributed by atoms with Gasteiger partial charge in [-0.15, -0.1) is 10.2 Å². The summed E-state index contributed by atoms with van der Waals surface area (Å²) in [5, 5.41) is 13.1. The maximum absolute atomic E-state index is 12.7. The fourth-order valence-corrected chi connectivity index (χ4v) is 5.03. The summed E-state index contributed by atoms with van der Waals surface area (Å²) < 4.78 is 2.14. The van der Waals surface area contributed by atoms with E-state index in [9.17, 15) is 9.59 Å². The van der Waals surface area contributed by atoms with E-state index in [1.54, 1.807) is 38.4 Å². The predicted molar refractivity (Wildman–Crippen MR) is 132 cm³/mol. The van der Waals surface area contributed by atoms with Crippen LogP contribution in [0.2, 0.25) is 5.02 Å². The van der Waals surface area contributed by atoms with Crippen LogP contribution in [0.1, 0.15) is 42.1 Å². The molecule has 33 heavy (non-hydrogen) atoms. The van der Waals surface area contributed by atoms with Gasteiger partial charge in [0.1, 0.15) is 0 Å². The first-order valence-electron chi connectivity index (χ1n) is 10.9. The molecule has 172 valence electrons. The number of carbonyl (C=O) groups is 2. The zero-order valence-corrected chi connectivity index (χ0v) is 20.2. The number of halogens is 1. The summed E-state index contributed by atoms with van der Waals surface area (Å²) in [6.45, 7) is 0. The monoisotopic (exact) mass is 483 g/mol. The number of nitrogens with zero attached hydrogens (tertiary/aromatic N) is 4. The fourth-order valence-electron chi connectivity index (χ4n) is 4.01. The van der Waals surface area contributed by atoms with E-state index in [-0.39, 0.29) is 17.6 Å². The van der Waals surface area contributed by atoms with Gasteiger partial charge in [-0.25, -0.2) is 0 Å². The Morgan fingerprint density at radius 1 is 1.12 bits per heavy atom. The molecule has 0 saturated heterocycles. The lowest BCUT2D eigenvalue weighted by atomic mass is 10.2. The van der Waals surface area contributed by atoms with E-state index in [0.29, 0.717) is 27.5 Å². The van der Waals surface area contributed by atoms with Crippen LogP contribution < -0.4 is 5.32 Å². The van der Waals surface area contributed by atoms with Crippen molar-refractivity contribution < 1.29 is 9.59 Å². The topological polar surface area (TPSA) is 80.1 Å². The third kappa shape index (κ3) is 5.39. The average molecular weight is 484 g/mol. The largest absolute Gasteiger partial charge is 0.345 e. The first-order chi connectivity index (χ1) is 15.9. The molecular formula is C24H26ClN5O2S. The minimum atomic E-state index is -0.172. The number of amides is 2. The molecular weight excluding hydrogens is 458 g/mol. The highest BCUT2D eigenvalue weighted by molar-refractivity contribution is 7.99. The second kappa shape index (κ2) is 10.4. The molecule has 1 saturated carbocycles. The number of aromatic nitrogens is 3. The Morgan fingerprint density at radius 3 is 2.61 bits per heavy atom. The molecule has 9 heteroatoms. The third-order valence-corrected chi connectivity index (χ3v) is 6.87. The van der Waals surface area contributed by atoms with Crippen molar-refractivity contribution in [3.8, 4) is 11.4 Å². The van der Waals surface area contributed by atoms with Gasteiger partial charge in [-0.3, -0.25) is 14.2 Å². The second-order valence-corrected chi connectivity index (χ2v) is 9.56. The van der Waals surface area contributed by atoms with Crippen LogP contribution in [-0.4, -0.2) is 51.3 Å². The minimum Gasteiger partial charge on any atom is -0.345 e. The minimum absolute atomic E-state index is 0.114. The van der Waals surface area contributed by atoms with Crippen LogP contribution in [0.3, 0.4) is 0 Å². The van der Waals surface area contributed by atoms with Gasteiger partial charge < -0.3 is 10.2 Å². The summed E-state index contributed by atoms with van der Waals surface area (Å²) in [6, 6.07) is 14.9. The van der Waals surface area contributed by atoms with Crippen molar-refractivity contribution in [1.82, 2.24) is 19.7 Å². The van der Waals surface area contributed by atoms with Crippen LogP contribution in [0, 0.1) is 0 Å². The van der Waals surface area contributed by atoms with Gasteiger partial charge in [0.15, 0.2) is 11.0 Å². The molecule has 7 nitrogen and oxygen atoms in total. The number of hydrogen-bond donors (Lipinski definition) is 1. The van der Waals surface area contributed by atoms with E-state index < -0.39 is 0 Å². The Labute approximate surface area is 202 Å². The molecule has 2 aromatic carbocycles. The summed E-state index contributed by atoms with van der Waals surface area (Å²) in [6.07, 6.45) is 4.44. The molecule has 1 aliphatic rings. The molecule has 1 heterocycles. The van der Waals surface area contributed by atoms with Crippen LogP contribution in [-0.2, 0) is 4.79 Å². The first-order valence-corrected chi connectivity index (χ1v) is 12.2. The highest BCUT2D eigenvalue weighted by Crippen LogP contribution is 2.38. The predicted octanol–water partition coefficient (Wildman–Crippen LogP) is 5.15. The van der Waals surface area contributed by atoms with Crippen molar-refractivity contribution in [1.29, 1.82) is 0 Å². The van der Waals surface area contributed by atoms with Gasteiger partial charge in [0.05, 0.1) is 10.8 Å². The normalized spacial score (nSPS) is 13.8. The average Bonchev–Trinajstić information content (AvgIpc) is 3.47. The number of benzene rings is 2. The number of carbonyl (C=O) groups excluding carboxylic acids is 2. The maximum atomic E-state index is 12.7. The number of thioether (sulfide) groups is 1. The number of rotatable bonds is 7. The second-order valence-electron chi connectivity index (χ2n) is 8.21. The molecule has 1 aromatic heterocycles. The van der Waals surface area contributed by atoms with Crippen molar-refractivity contribution in [2.24, 2.45) is 0 Å². The first kappa shape index (κ1) is 23.3. The smallest absolute Gasteiger partial charge is 0.253 e. The lowest BCUT2D eigenvalue weighted by molar-refractivity contribution is -0.113. The van der Waals surface area contributed by atoms with E-state index in [1.165, 1.54) is 16.7 Å². The number of anilines is 1. The van der Waals surface area contributed by atoms with Gasteiger partial charge in [0.25, 0.3) is 5.91 Å². The Balaban J connectivity index is 1.49. The van der Waals surface area contributed by atoms with Crippen molar-refractivity contribution in [2.75, 3.05) is 25.2 Å². The van der Waals surface area contributed by atoms with Gasteiger partial charge in [-0.05, 0) is 43.2 Å². The van der Waals surface area contributed by atoms with E-state index >= 15 is 0 Å². The summed E-state index contributed by atoms with van der Waals surface area (Å²) in [4.78, 5) is 26.3. The van der Waals surface area contributed by atoms with E-state index in [1.807, 2.05) is 24.3 Å². The lowest BCUT2D eigenvalue weighted by Gasteiger charge is -2.17. The molecule has 2 amide bonds. The third-order valence-electron chi connectivity index (χ3n) is 5.60.